The molecule has 0 saturated heterocycles. The Bertz CT molecular complexity index is 1010. The van der Waals surface area contributed by atoms with Crippen LogP contribution in [0.25, 0.3) is 10.2 Å². The van der Waals surface area contributed by atoms with Gasteiger partial charge >= 0.3 is 0 Å². The highest BCUT2D eigenvalue weighted by atomic mass is 35.5. The molecule has 1 aliphatic heterocycles. The highest BCUT2D eigenvalue weighted by molar-refractivity contribution is 7.17. The second kappa shape index (κ2) is 5.94. The Balaban J connectivity index is 1.55. The van der Waals surface area contributed by atoms with Gasteiger partial charge in [0.25, 0.3) is 11.8 Å². The summed E-state index contributed by atoms with van der Waals surface area (Å²) in [5.74, 6) is -1.39. The number of benzene rings is 2. The van der Waals surface area contributed by atoms with Gasteiger partial charge in [-0.2, -0.15) is 0 Å². The number of imide groups is 1. The molecule has 1 aliphatic rings. The maximum Gasteiger partial charge on any atom is 0.262 e. The van der Waals surface area contributed by atoms with Crippen molar-refractivity contribution in [3.8, 4) is 0 Å². The van der Waals surface area contributed by atoms with Gasteiger partial charge in [-0.1, -0.05) is 23.7 Å². The van der Waals surface area contributed by atoms with Crippen LogP contribution in [0.5, 0.6) is 0 Å². The van der Waals surface area contributed by atoms with Gasteiger partial charge < -0.3 is 5.32 Å². The quantitative estimate of drug-likeness (QED) is 0.717. The lowest BCUT2D eigenvalue weighted by molar-refractivity contribution is -0.116. The minimum Gasteiger partial charge on any atom is -0.323 e. The summed E-state index contributed by atoms with van der Waals surface area (Å²) >= 11 is 7.41. The number of aromatic nitrogens is 1. The molecule has 2 heterocycles. The van der Waals surface area contributed by atoms with E-state index in [-0.39, 0.29) is 6.54 Å². The van der Waals surface area contributed by atoms with Crippen molar-refractivity contribution in [3.63, 3.8) is 0 Å². The summed E-state index contributed by atoms with van der Waals surface area (Å²) in [7, 11) is 0. The van der Waals surface area contributed by atoms with Crippen LogP contribution in [0.4, 0.5) is 5.69 Å². The van der Waals surface area contributed by atoms with Crippen LogP contribution in [-0.4, -0.2) is 34.2 Å². The molecule has 124 valence electrons. The molecule has 2 aromatic carbocycles. The first-order valence-corrected chi connectivity index (χ1v) is 8.59. The molecule has 0 spiro atoms. The first-order valence-electron chi connectivity index (χ1n) is 7.33. The third kappa shape index (κ3) is 2.57. The van der Waals surface area contributed by atoms with E-state index in [0.29, 0.717) is 27.4 Å². The van der Waals surface area contributed by atoms with Crippen molar-refractivity contribution in [1.82, 2.24) is 9.88 Å². The summed E-state index contributed by atoms with van der Waals surface area (Å²) in [6.45, 7) is -0.352. The van der Waals surface area contributed by atoms with Crippen molar-refractivity contribution in [1.29, 1.82) is 0 Å². The van der Waals surface area contributed by atoms with Crippen molar-refractivity contribution >= 4 is 56.6 Å². The van der Waals surface area contributed by atoms with Gasteiger partial charge in [0.1, 0.15) is 12.1 Å². The number of nitrogens with one attached hydrogen (secondary N) is 1. The van der Waals surface area contributed by atoms with Gasteiger partial charge in [0.2, 0.25) is 5.91 Å². The van der Waals surface area contributed by atoms with Crippen LogP contribution in [0.3, 0.4) is 0 Å². The summed E-state index contributed by atoms with van der Waals surface area (Å²) in [6.07, 6.45) is 0. The van der Waals surface area contributed by atoms with Gasteiger partial charge in [-0.25, -0.2) is 4.98 Å². The van der Waals surface area contributed by atoms with Crippen molar-refractivity contribution < 1.29 is 14.4 Å². The van der Waals surface area contributed by atoms with E-state index in [2.05, 4.69) is 10.3 Å². The van der Waals surface area contributed by atoms with E-state index < -0.39 is 17.7 Å². The van der Waals surface area contributed by atoms with Gasteiger partial charge in [-0.05, 0) is 24.3 Å². The summed E-state index contributed by atoms with van der Waals surface area (Å²) in [5.41, 5.74) is 3.41. The number of halogens is 1. The maximum absolute atomic E-state index is 12.4. The zero-order valence-corrected chi connectivity index (χ0v) is 14.2. The molecule has 0 unspecified atom stereocenters. The Morgan fingerprint density at radius 2 is 1.80 bits per heavy atom. The maximum atomic E-state index is 12.4. The molecule has 1 N–H and O–H groups in total. The molecule has 4 rings (SSSR count). The molecule has 3 amide bonds. The second-order valence-corrected chi connectivity index (χ2v) is 6.68. The van der Waals surface area contributed by atoms with E-state index in [4.69, 9.17) is 11.6 Å². The number of anilines is 1. The minimum atomic E-state index is -0.466. The first kappa shape index (κ1) is 15.7. The number of nitrogens with zero attached hydrogens (tertiary/aromatic N) is 2. The standard InChI is InChI=1S/C17H10ClN3O3S/c18-11-5-6-12(15-14(11)19-8-25-15)20-13(22)7-21-16(23)9-3-1-2-4-10(9)17(21)24/h1-6,8H,7H2,(H,20,22). The fraction of sp³-hybridized carbons (Fsp3) is 0.0588. The SMILES string of the molecule is O=C(CN1C(=O)c2ccccc2C1=O)Nc1ccc(Cl)c2ncsc12. The number of carbonyl (C=O) groups excluding carboxylic acids is 3. The molecule has 0 atom stereocenters. The Morgan fingerprint density at radius 3 is 2.48 bits per heavy atom. The fourth-order valence-corrected chi connectivity index (χ4v) is 3.78. The molecule has 0 radical (unpaired) electrons. The van der Waals surface area contributed by atoms with E-state index >= 15 is 0 Å². The molecule has 3 aromatic rings. The number of hydrogen-bond acceptors (Lipinski definition) is 5. The van der Waals surface area contributed by atoms with Gasteiger partial charge in [-0.3, -0.25) is 19.3 Å². The molecule has 6 nitrogen and oxygen atoms in total. The molecular weight excluding hydrogens is 362 g/mol. The normalized spacial score (nSPS) is 13.4. The summed E-state index contributed by atoms with van der Waals surface area (Å²) in [4.78, 5) is 42.1. The molecule has 0 bridgehead atoms. The van der Waals surface area contributed by atoms with Crippen LogP contribution in [0.2, 0.25) is 5.02 Å². The Morgan fingerprint density at radius 1 is 1.12 bits per heavy atom. The first-order chi connectivity index (χ1) is 12.1. The number of fused-ring (bicyclic) bond motifs is 2. The molecule has 0 saturated carbocycles. The highest BCUT2D eigenvalue weighted by Gasteiger charge is 2.36. The number of amides is 3. The van der Waals surface area contributed by atoms with Crippen molar-refractivity contribution in [2.45, 2.75) is 0 Å². The van der Waals surface area contributed by atoms with E-state index in [0.717, 1.165) is 9.60 Å². The van der Waals surface area contributed by atoms with E-state index in [9.17, 15) is 14.4 Å². The predicted octanol–water partition coefficient (Wildman–Crippen LogP) is 3.18. The van der Waals surface area contributed by atoms with Crippen LogP contribution in [-0.2, 0) is 4.79 Å². The highest BCUT2D eigenvalue weighted by Crippen LogP contribution is 2.32. The lowest BCUT2D eigenvalue weighted by Crippen LogP contribution is -2.37. The van der Waals surface area contributed by atoms with Crippen molar-refractivity contribution in [2.24, 2.45) is 0 Å². The lowest BCUT2D eigenvalue weighted by atomic mass is 10.1. The topological polar surface area (TPSA) is 79.4 Å². The number of thiazole rings is 1. The minimum absolute atomic E-state index is 0.316. The Labute approximate surface area is 151 Å². The van der Waals surface area contributed by atoms with E-state index in [1.165, 1.54) is 11.3 Å². The number of rotatable bonds is 3. The average molecular weight is 372 g/mol. The molecule has 1 aromatic heterocycles. The second-order valence-electron chi connectivity index (χ2n) is 5.42. The number of carbonyl (C=O) groups is 3. The number of hydrogen-bond donors (Lipinski definition) is 1. The third-order valence-electron chi connectivity index (χ3n) is 3.89. The van der Waals surface area contributed by atoms with Crippen LogP contribution in [0.15, 0.2) is 41.9 Å². The van der Waals surface area contributed by atoms with Crippen LogP contribution in [0.1, 0.15) is 20.7 Å². The summed E-state index contributed by atoms with van der Waals surface area (Å²) in [5, 5.41) is 3.21. The van der Waals surface area contributed by atoms with E-state index in [1.807, 2.05) is 0 Å². The zero-order valence-electron chi connectivity index (χ0n) is 12.7. The zero-order chi connectivity index (χ0) is 17.6. The molecule has 0 fully saturated rings. The van der Waals surface area contributed by atoms with Gasteiger partial charge in [-0.15, -0.1) is 11.3 Å². The van der Waals surface area contributed by atoms with Gasteiger partial charge in [0.15, 0.2) is 0 Å². The molecule has 0 aliphatic carbocycles. The van der Waals surface area contributed by atoms with Crippen LogP contribution >= 0.6 is 22.9 Å². The van der Waals surface area contributed by atoms with Crippen LogP contribution in [0, 0.1) is 0 Å². The van der Waals surface area contributed by atoms with Gasteiger partial charge in [0.05, 0.1) is 32.0 Å². The molecule has 8 heteroatoms. The fourth-order valence-electron chi connectivity index (χ4n) is 2.73. The van der Waals surface area contributed by atoms with Crippen LogP contribution < -0.4 is 5.32 Å². The monoisotopic (exact) mass is 371 g/mol. The third-order valence-corrected chi connectivity index (χ3v) is 5.05. The van der Waals surface area contributed by atoms with Crippen molar-refractivity contribution in [3.05, 3.63) is 58.1 Å². The Hall–Kier alpha value is -2.77. The largest absolute Gasteiger partial charge is 0.323 e. The predicted molar refractivity (Wildman–Crippen MR) is 95.1 cm³/mol. The smallest absolute Gasteiger partial charge is 0.262 e. The van der Waals surface area contributed by atoms with Crippen molar-refractivity contribution in [2.75, 3.05) is 11.9 Å². The summed E-state index contributed by atoms with van der Waals surface area (Å²) in [6, 6.07) is 9.83. The molecular formula is C17H10ClN3O3S. The summed E-state index contributed by atoms with van der Waals surface area (Å²) < 4.78 is 0.739. The van der Waals surface area contributed by atoms with Gasteiger partial charge in [0, 0.05) is 0 Å². The average Bonchev–Trinajstić information content (AvgIpc) is 3.19. The Kier molecular flexibility index (Phi) is 3.74. The van der Waals surface area contributed by atoms with E-state index in [1.54, 1.807) is 41.9 Å². The molecule has 25 heavy (non-hydrogen) atoms. The lowest BCUT2D eigenvalue weighted by Gasteiger charge is -2.14.